The lowest BCUT2D eigenvalue weighted by atomic mass is 10.00. The van der Waals surface area contributed by atoms with Crippen LogP contribution < -0.4 is 22.5 Å². The highest BCUT2D eigenvalue weighted by Crippen LogP contribution is 2.12. The molecule has 0 saturated carbocycles. The van der Waals surface area contributed by atoms with Crippen LogP contribution in [0.3, 0.4) is 0 Å². The van der Waals surface area contributed by atoms with Crippen molar-refractivity contribution >= 4 is 11.9 Å². The van der Waals surface area contributed by atoms with Crippen LogP contribution in [0.5, 0.6) is 0 Å². The first-order chi connectivity index (χ1) is 9.37. The van der Waals surface area contributed by atoms with Crippen LogP contribution in [0.25, 0.3) is 0 Å². The second-order valence-electron chi connectivity index (χ2n) is 4.84. The lowest BCUT2D eigenvalue weighted by molar-refractivity contribution is -0.147. The molecule has 0 bridgehead atoms. The first-order valence-corrected chi connectivity index (χ1v) is 6.80. The Labute approximate surface area is 118 Å². The molecular weight excluding hydrogens is 264 g/mol. The van der Waals surface area contributed by atoms with E-state index in [1.165, 1.54) is 0 Å². The van der Waals surface area contributed by atoms with E-state index in [1.54, 1.807) is 0 Å². The fourth-order valence-electron chi connectivity index (χ4n) is 1.85. The minimum atomic E-state index is -1.75. The lowest BCUT2D eigenvalue weighted by Crippen LogP contribution is -2.64. The summed E-state index contributed by atoms with van der Waals surface area (Å²) >= 11 is 0. The third kappa shape index (κ3) is 6.80. The number of unbranched alkanes of at least 4 members (excludes halogenated alkanes) is 2. The number of hydrogen-bond acceptors (Lipinski definition) is 6. The number of carboxylic acid groups (broad SMARTS) is 2. The first kappa shape index (κ1) is 18.8. The molecule has 0 spiro atoms. The second-order valence-corrected chi connectivity index (χ2v) is 4.84. The number of rotatable bonds is 12. The maximum atomic E-state index is 11.3. The summed E-state index contributed by atoms with van der Waals surface area (Å²) in [6.45, 7) is 0.907. The standard InChI is InChI=1S/C12H26N4O4/c13-7-3-1-5-9(10(17)18)16-12(15,11(19)20)6-2-4-8-14/h9,16H,1-8,13-15H2,(H,17,18)(H,19,20)/t9-,12+/m0/s1. The van der Waals surface area contributed by atoms with Crippen molar-refractivity contribution in [1.29, 1.82) is 0 Å². The highest BCUT2D eigenvalue weighted by atomic mass is 16.4. The Hall–Kier alpha value is -1.22. The van der Waals surface area contributed by atoms with Crippen LogP contribution in [0.4, 0.5) is 0 Å². The average molecular weight is 290 g/mol. The number of hydrogen-bond donors (Lipinski definition) is 6. The Morgan fingerprint density at radius 3 is 2.05 bits per heavy atom. The van der Waals surface area contributed by atoms with Crippen molar-refractivity contribution in [3.63, 3.8) is 0 Å². The molecule has 2 atom stereocenters. The van der Waals surface area contributed by atoms with Crippen LogP contribution >= 0.6 is 0 Å². The van der Waals surface area contributed by atoms with Gasteiger partial charge in [-0.2, -0.15) is 0 Å². The Morgan fingerprint density at radius 2 is 1.60 bits per heavy atom. The Bertz CT molecular complexity index is 314. The predicted octanol–water partition coefficient (Wildman–Crippen LogP) is -0.973. The number of nitrogens with two attached hydrogens (primary N) is 3. The number of aliphatic carboxylic acids is 2. The zero-order valence-corrected chi connectivity index (χ0v) is 11.7. The average Bonchev–Trinajstić information content (AvgIpc) is 2.37. The van der Waals surface area contributed by atoms with Gasteiger partial charge in [-0.25, -0.2) is 4.79 Å². The Balaban J connectivity index is 4.63. The summed E-state index contributed by atoms with van der Waals surface area (Å²) in [6, 6.07) is -1.000. The van der Waals surface area contributed by atoms with Crippen LogP contribution in [0, 0.1) is 0 Å². The molecule has 118 valence electrons. The van der Waals surface area contributed by atoms with Crippen LogP contribution in [-0.4, -0.2) is 46.9 Å². The molecule has 8 heteroatoms. The van der Waals surface area contributed by atoms with E-state index in [0.717, 1.165) is 0 Å². The Morgan fingerprint density at radius 1 is 1.05 bits per heavy atom. The predicted molar refractivity (Wildman–Crippen MR) is 74.9 cm³/mol. The normalized spacial score (nSPS) is 15.6. The summed E-state index contributed by atoms with van der Waals surface area (Å²) in [5.41, 5.74) is 14.7. The molecule has 0 aromatic carbocycles. The molecule has 0 unspecified atom stereocenters. The van der Waals surface area contributed by atoms with Gasteiger partial charge in [-0.1, -0.05) is 6.42 Å². The number of nitrogens with one attached hydrogen (secondary N) is 1. The highest BCUT2D eigenvalue weighted by molar-refractivity contribution is 5.80. The van der Waals surface area contributed by atoms with Crippen molar-refractivity contribution in [1.82, 2.24) is 5.32 Å². The third-order valence-corrected chi connectivity index (χ3v) is 3.08. The van der Waals surface area contributed by atoms with Gasteiger partial charge in [-0.05, 0) is 45.2 Å². The second kappa shape index (κ2) is 9.65. The highest BCUT2D eigenvalue weighted by Gasteiger charge is 2.37. The molecular formula is C12H26N4O4. The summed E-state index contributed by atoms with van der Waals surface area (Å²) in [6.07, 6.45) is 2.85. The molecule has 0 rings (SSSR count). The van der Waals surface area contributed by atoms with Gasteiger partial charge >= 0.3 is 11.9 Å². The molecule has 0 aromatic heterocycles. The molecule has 20 heavy (non-hydrogen) atoms. The van der Waals surface area contributed by atoms with Crippen molar-refractivity contribution in [2.45, 2.75) is 50.2 Å². The van der Waals surface area contributed by atoms with Gasteiger partial charge in [-0.15, -0.1) is 0 Å². The van der Waals surface area contributed by atoms with Gasteiger partial charge in [-0.3, -0.25) is 10.1 Å². The molecule has 0 heterocycles. The zero-order chi connectivity index (χ0) is 15.6. The molecule has 0 amide bonds. The quantitative estimate of drug-likeness (QED) is 0.197. The van der Waals surface area contributed by atoms with Crippen LogP contribution in [0.15, 0.2) is 0 Å². The maximum absolute atomic E-state index is 11.3. The maximum Gasteiger partial charge on any atom is 0.338 e. The van der Waals surface area contributed by atoms with E-state index >= 15 is 0 Å². The van der Waals surface area contributed by atoms with E-state index in [2.05, 4.69) is 5.32 Å². The summed E-state index contributed by atoms with van der Waals surface area (Å²) in [4.78, 5) is 22.4. The number of carbonyl (C=O) groups is 2. The van der Waals surface area contributed by atoms with Crippen molar-refractivity contribution in [3.8, 4) is 0 Å². The molecule has 0 fully saturated rings. The van der Waals surface area contributed by atoms with Gasteiger partial charge in [0.25, 0.3) is 0 Å². The lowest BCUT2D eigenvalue weighted by Gasteiger charge is -2.29. The van der Waals surface area contributed by atoms with Gasteiger partial charge in [0.1, 0.15) is 6.04 Å². The molecule has 9 N–H and O–H groups in total. The van der Waals surface area contributed by atoms with Crippen LogP contribution in [-0.2, 0) is 9.59 Å². The SMILES string of the molecule is NCCCC[C@H](N[C@](N)(CCCCN)C(=O)O)C(=O)O. The molecule has 0 saturated heterocycles. The van der Waals surface area contributed by atoms with Gasteiger partial charge in [0.2, 0.25) is 0 Å². The fourth-order valence-corrected chi connectivity index (χ4v) is 1.85. The fraction of sp³-hybridized carbons (Fsp3) is 0.833. The molecule has 0 aliphatic rings. The number of carboxylic acids is 2. The van der Waals surface area contributed by atoms with Gasteiger partial charge < -0.3 is 27.4 Å². The monoisotopic (exact) mass is 290 g/mol. The van der Waals surface area contributed by atoms with E-state index in [4.69, 9.17) is 22.3 Å². The molecule has 0 radical (unpaired) electrons. The van der Waals surface area contributed by atoms with E-state index in [1.807, 2.05) is 0 Å². The summed E-state index contributed by atoms with van der Waals surface area (Å²) < 4.78 is 0. The largest absolute Gasteiger partial charge is 0.480 e. The van der Waals surface area contributed by atoms with E-state index < -0.39 is 23.6 Å². The molecule has 0 aliphatic carbocycles. The summed E-state index contributed by atoms with van der Waals surface area (Å²) in [7, 11) is 0. The van der Waals surface area contributed by atoms with Crippen molar-refractivity contribution in [2.75, 3.05) is 13.1 Å². The minimum Gasteiger partial charge on any atom is -0.480 e. The van der Waals surface area contributed by atoms with Crippen molar-refractivity contribution in [3.05, 3.63) is 0 Å². The molecule has 0 aromatic rings. The van der Waals surface area contributed by atoms with E-state index in [0.29, 0.717) is 38.8 Å². The van der Waals surface area contributed by atoms with E-state index in [9.17, 15) is 14.7 Å². The van der Waals surface area contributed by atoms with Crippen molar-refractivity contribution in [2.24, 2.45) is 17.2 Å². The Kier molecular flexibility index (Phi) is 9.06. The van der Waals surface area contributed by atoms with Gasteiger partial charge in [0.15, 0.2) is 5.66 Å². The smallest absolute Gasteiger partial charge is 0.338 e. The minimum absolute atomic E-state index is 0.125. The summed E-state index contributed by atoms with van der Waals surface area (Å²) in [5.74, 6) is -2.38. The van der Waals surface area contributed by atoms with Gasteiger partial charge in [0, 0.05) is 0 Å². The van der Waals surface area contributed by atoms with Crippen LogP contribution in [0.1, 0.15) is 38.5 Å². The zero-order valence-electron chi connectivity index (χ0n) is 11.7. The first-order valence-electron chi connectivity index (χ1n) is 6.80. The van der Waals surface area contributed by atoms with Crippen LogP contribution in [0.2, 0.25) is 0 Å². The molecule has 8 nitrogen and oxygen atoms in total. The van der Waals surface area contributed by atoms with Crippen molar-refractivity contribution < 1.29 is 19.8 Å². The van der Waals surface area contributed by atoms with E-state index in [-0.39, 0.29) is 12.8 Å². The third-order valence-electron chi connectivity index (χ3n) is 3.08. The summed E-state index contributed by atoms with van der Waals surface area (Å²) in [5, 5.41) is 20.9. The molecule has 0 aliphatic heterocycles. The van der Waals surface area contributed by atoms with Gasteiger partial charge in [0.05, 0.1) is 0 Å². The topological polar surface area (TPSA) is 165 Å².